The first-order valence-electron chi connectivity index (χ1n) is 8.87. The number of amides is 3. The number of hydrogen-bond donors (Lipinski definition) is 3. The van der Waals surface area contributed by atoms with Crippen LogP contribution in [0.5, 0.6) is 11.5 Å². The van der Waals surface area contributed by atoms with Crippen molar-refractivity contribution in [3.8, 4) is 11.5 Å². The van der Waals surface area contributed by atoms with Gasteiger partial charge in [-0.3, -0.25) is 10.2 Å². The average molecular weight is 401 g/mol. The van der Waals surface area contributed by atoms with Crippen molar-refractivity contribution in [3.63, 3.8) is 0 Å². The van der Waals surface area contributed by atoms with E-state index in [0.717, 1.165) is 0 Å². The zero-order valence-electron chi connectivity index (χ0n) is 16.4. The lowest BCUT2D eigenvalue weighted by molar-refractivity contribution is -0.127. The van der Waals surface area contributed by atoms with Crippen LogP contribution < -0.4 is 25.6 Å². The molecule has 0 radical (unpaired) electrons. The Bertz CT molecular complexity index is 854. The van der Waals surface area contributed by atoms with Gasteiger partial charge in [0, 0.05) is 5.69 Å². The van der Waals surface area contributed by atoms with Crippen LogP contribution in [-0.4, -0.2) is 37.7 Å². The van der Waals surface area contributed by atoms with Gasteiger partial charge in [0.15, 0.2) is 6.10 Å². The van der Waals surface area contributed by atoms with Crippen LogP contribution in [0.1, 0.15) is 24.2 Å². The van der Waals surface area contributed by atoms with E-state index in [1.54, 1.807) is 49.4 Å². The maximum Gasteiger partial charge on any atom is 0.337 e. The molecule has 0 bridgehead atoms. The van der Waals surface area contributed by atoms with E-state index in [-0.39, 0.29) is 5.56 Å². The highest BCUT2D eigenvalue weighted by Crippen LogP contribution is 2.18. The van der Waals surface area contributed by atoms with Gasteiger partial charge in [-0.15, -0.1) is 0 Å². The van der Waals surface area contributed by atoms with Crippen LogP contribution in [-0.2, 0) is 9.53 Å². The predicted octanol–water partition coefficient (Wildman–Crippen LogP) is 2.49. The van der Waals surface area contributed by atoms with Crippen LogP contribution in [0, 0.1) is 0 Å². The highest BCUT2D eigenvalue weighted by Gasteiger charge is 2.16. The number of hydrogen-bond acceptors (Lipinski definition) is 6. The topological polar surface area (TPSA) is 115 Å². The van der Waals surface area contributed by atoms with Gasteiger partial charge >= 0.3 is 12.0 Å². The summed E-state index contributed by atoms with van der Waals surface area (Å²) < 4.78 is 15.5. The van der Waals surface area contributed by atoms with E-state index in [9.17, 15) is 14.4 Å². The summed E-state index contributed by atoms with van der Waals surface area (Å²) in [5, 5.41) is 2.50. The number of esters is 1. The molecule has 0 aromatic heterocycles. The van der Waals surface area contributed by atoms with E-state index in [1.165, 1.54) is 13.2 Å². The van der Waals surface area contributed by atoms with Crippen LogP contribution in [0.15, 0.2) is 48.5 Å². The fourth-order valence-electron chi connectivity index (χ4n) is 2.26. The molecular weight excluding hydrogens is 378 g/mol. The second-order valence-electron chi connectivity index (χ2n) is 5.81. The van der Waals surface area contributed by atoms with Crippen LogP contribution in [0.3, 0.4) is 0 Å². The zero-order chi connectivity index (χ0) is 21.2. The van der Waals surface area contributed by atoms with Gasteiger partial charge in [-0.25, -0.2) is 15.0 Å². The number of rotatable bonds is 7. The molecular formula is C20H23N3O6. The maximum atomic E-state index is 12.1. The fourth-order valence-corrected chi connectivity index (χ4v) is 2.26. The Hall–Kier alpha value is -3.75. The van der Waals surface area contributed by atoms with Crippen LogP contribution in [0.25, 0.3) is 0 Å². The summed E-state index contributed by atoms with van der Waals surface area (Å²) in [6.07, 6.45) is -0.851. The lowest BCUT2D eigenvalue weighted by Gasteiger charge is -2.16. The Kier molecular flexibility index (Phi) is 7.84. The van der Waals surface area contributed by atoms with Crippen molar-refractivity contribution < 1.29 is 28.6 Å². The van der Waals surface area contributed by atoms with E-state index in [4.69, 9.17) is 9.47 Å². The molecule has 0 fully saturated rings. The van der Waals surface area contributed by atoms with Crippen molar-refractivity contribution >= 4 is 23.6 Å². The third-order valence-electron chi connectivity index (χ3n) is 3.66. The molecule has 0 spiro atoms. The van der Waals surface area contributed by atoms with E-state index >= 15 is 0 Å². The van der Waals surface area contributed by atoms with Crippen molar-refractivity contribution in [1.29, 1.82) is 0 Å². The largest absolute Gasteiger partial charge is 0.494 e. The van der Waals surface area contributed by atoms with Crippen molar-refractivity contribution in [3.05, 3.63) is 54.1 Å². The Labute approximate surface area is 168 Å². The van der Waals surface area contributed by atoms with E-state index in [0.29, 0.717) is 23.8 Å². The minimum absolute atomic E-state index is 0.284. The third kappa shape index (κ3) is 6.73. The molecule has 3 amide bonds. The number of nitrogens with one attached hydrogen (secondary N) is 3. The number of methoxy groups -OCH3 is 1. The van der Waals surface area contributed by atoms with Gasteiger partial charge in [-0.05, 0) is 56.3 Å². The van der Waals surface area contributed by atoms with Crippen molar-refractivity contribution in [2.45, 2.75) is 20.0 Å². The smallest absolute Gasteiger partial charge is 0.337 e. The summed E-state index contributed by atoms with van der Waals surface area (Å²) in [6, 6.07) is 12.3. The first-order chi connectivity index (χ1) is 13.9. The number of urea groups is 1. The van der Waals surface area contributed by atoms with E-state index in [2.05, 4.69) is 20.9 Å². The quantitative estimate of drug-likeness (QED) is 0.485. The predicted molar refractivity (Wildman–Crippen MR) is 106 cm³/mol. The Morgan fingerprint density at radius 1 is 1.00 bits per heavy atom. The average Bonchev–Trinajstić information content (AvgIpc) is 2.73. The SMILES string of the molecule is CCOc1ccc(O[C@H](C)C(=O)NNC(=O)Nc2cccc(C(=O)OC)c2)cc1. The molecule has 0 unspecified atom stereocenters. The Balaban J connectivity index is 1.81. The lowest BCUT2D eigenvalue weighted by atomic mass is 10.2. The van der Waals surface area contributed by atoms with E-state index in [1.807, 2.05) is 6.92 Å². The van der Waals surface area contributed by atoms with Crippen molar-refractivity contribution in [1.82, 2.24) is 10.9 Å². The molecule has 29 heavy (non-hydrogen) atoms. The molecule has 0 aliphatic carbocycles. The number of hydrazine groups is 1. The summed E-state index contributed by atoms with van der Waals surface area (Å²) >= 11 is 0. The van der Waals surface area contributed by atoms with Gasteiger partial charge in [-0.1, -0.05) is 6.07 Å². The first kappa shape index (κ1) is 21.5. The third-order valence-corrected chi connectivity index (χ3v) is 3.66. The van der Waals surface area contributed by atoms with E-state index < -0.39 is 24.0 Å². The summed E-state index contributed by atoms with van der Waals surface area (Å²) in [7, 11) is 1.27. The second kappa shape index (κ2) is 10.5. The molecule has 2 aromatic carbocycles. The summed E-state index contributed by atoms with van der Waals surface area (Å²) in [6.45, 7) is 3.99. The van der Waals surface area contributed by atoms with Crippen molar-refractivity contribution in [2.24, 2.45) is 0 Å². The van der Waals surface area contributed by atoms with Crippen LogP contribution in [0.4, 0.5) is 10.5 Å². The molecule has 0 aliphatic heterocycles. The monoisotopic (exact) mass is 401 g/mol. The maximum absolute atomic E-state index is 12.1. The normalized spacial score (nSPS) is 11.0. The number of carbonyl (C=O) groups excluding carboxylic acids is 3. The Morgan fingerprint density at radius 3 is 2.34 bits per heavy atom. The number of benzene rings is 2. The van der Waals surface area contributed by atoms with Gasteiger partial charge in [-0.2, -0.15) is 0 Å². The summed E-state index contributed by atoms with van der Waals surface area (Å²) in [5.41, 5.74) is 5.12. The second-order valence-corrected chi connectivity index (χ2v) is 5.81. The minimum atomic E-state index is -0.851. The van der Waals surface area contributed by atoms with Gasteiger partial charge in [0.05, 0.1) is 19.3 Å². The van der Waals surface area contributed by atoms with Gasteiger partial charge in [0.25, 0.3) is 5.91 Å². The first-order valence-corrected chi connectivity index (χ1v) is 8.87. The molecule has 0 aliphatic rings. The van der Waals surface area contributed by atoms with Gasteiger partial charge in [0.1, 0.15) is 11.5 Å². The highest BCUT2D eigenvalue weighted by atomic mass is 16.5. The highest BCUT2D eigenvalue weighted by molar-refractivity contribution is 5.94. The van der Waals surface area contributed by atoms with Gasteiger partial charge < -0.3 is 19.5 Å². The summed E-state index contributed by atoms with van der Waals surface area (Å²) in [5.74, 6) is 0.117. The van der Waals surface area contributed by atoms with Crippen molar-refractivity contribution in [2.75, 3.05) is 19.0 Å². The summed E-state index contributed by atoms with van der Waals surface area (Å²) in [4.78, 5) is 35.5. The molecule has 0 heterocycles. The Morgan fingerprint density at radius 2 is 1.69 bits per heavy atom. The number of anilines is 1. The molecule has 1 atom stereocenters. The number of carbonyl (C=O) groups is 3. The number of ether oxygens (including phenoxy) is 3. The molecule has 3 N–H and O–H groups in total. The molecule has 2 rings (SSSR count). The van der Waals surface area contributed by atoms with Gasteiger partial charge in [0.2, 0.25) is 0 Å². The van der Waals surface area contributed by atoms with Crippen LogP contribution >= 0.6 is 0 Å². The van der Waals surface area contributed by atoms with Crippen LogP contribution in [0.2, 0.25) is 0 Å². The fraction of sp³-hybridized carbons (Fsp3) is 0.250. The zero-order valence-corrected chi connectivity index (χ0v) is 16.4. The molecule has 154 valence electrons. The molecule has 9 heteroatoms. The standard InChI is InChI=1S/C20H23N3O6/c1-4-28-16-8-10-17(11-9-16)29-13(2)18(24)22-23-20(26)21-15-7-5-6-14(12-15)19(25)27-3/h5-13H,4H2,1-3H3,(H,22,24)(H2,21,23,26)/t13-/m1/s1. The minimum Gasteiger partial charge on any atom is -0.494 e. The molecule has 9 nitrogen and oxygen atoms in total. The molecule has 0 saturated carbocycles. The lowest BCUT2D eigenvalue weighted by Crippen LogP contribution is -2.48. The molecule has 0 saturated heterocycles. The molecule has 2 aromatic rings.